The Hall–Kier alpha value is -4.31. The van der Waals surface area contributed by atoms with Crippen LogP contribution in [-0.2, 0) is 6.42 Å². The normalized spacial score (nSPS) is 14.5. The number of urea groups is 1. The fourth-order valence-electron chi connectivity index (χ4n) is 6.68. The minimum absolute atomic E-state index is 0.0347. The minimum atomic E-state index is -2.71. The largest absolute Gasteiger partial charge is 0.534 e. The number of piperidine rings is 1. The topological polar surface area (TPSA) is 95.1 Å². The van der Waals surface area contributed by atoms with Gasteiger partial charge in [-0.2, -0.15) is 0 Å². The molecular formula is C41H54N4O4Si. The van der Waals surface area contributed by atoms with Gasteiger partial charge in [-0.1, -0.05) is 93.6 Å². The highest BCUT2D eigenvalue weighted by atomic mass is 28.4. The molecule has 8 nitrogen and oxygen atoms in total. The lowest BCUT2D eigenvalue weighted by Crippen LogP contribution is -2.68. The van der Waals surface area contributed by atoms with Gasteiger partial charge in [0.1, 0.15) is 24.2 Å². The molecule has 1 fully saturated rings. The molecule has 1 aliphatic heterocycles. The molecule has 4 aromatic carbocycles. The second-order valence-electron chi connectivity index (χ2n) is 14.1. The van der Waals surface area contributed by atoms with Crippen molar-refractivity contribution in [3.8, 4) is 11.5 Å². The van der Waals surface area contributed by atoms with Gasteiger partial charge in [0.2, 0.25) is 0 Å². The second kappa shape index (κ2) is 17.6. The number of likely N-dealkylation sites (tertiary alicyclic amines) is 1. The van der Waals surface area contributed by atoms with Crippen molar-refractivity contribution in [2.24, 2.45) is 0 Å². The summed E-state index contributed by atoms with van der Waals surface area (Å²) in [6, 6.07) is 37.9. The third kappa shape index (κ3) is 9.68. The van der Waals surface area contributed by atoms with Crippen molar-refractivity contribution in [2.45, 2.75) is 64.1 Å². The average molecular weight is 695 g/mol. The lowest BCUT2D eigenvalue weighted by molar-refractivity contribution is 0.106. The van der Waals surface area contributed by atoms with E-state index in [9.17, 15) is 9.90 Å². The molecular weight excluding hydrogens is 641 g/mol. The number of benzene rings is 4. The SMILES string of the molecule is CCNC(=O)N1CCC(Nc2ccc(CCNC[C@H](O)COc3ccc(O[Si](c4ccccc4)(c4ccccc4)C(C)(C)C)cc3)cc2)CC1. The zero-order valence-electron chi connectivity index (χ0n) is 30.0. The lowest BCUT2D eigenvalue weighted by atomic mass is 10.0. The molecule has 1 saturated heterocycles. The van der Waals surface area contributed by atoms with Crippen LogP contribution in [-0.4, -0.2) is 75.8 Å². The molecule has 4 N–H and O–H groups in total. The van der Waals surface area contributed by atoms with Crippen LogP contribution in [0.25, 0.3) is 0 Å². The molecule has 0 unspecified atom stereocenters. The predicted octanol–water partition coefficient (Wildman–Crippen LogP) is 5.80. The smallest absolute Gasteiger partial charge is 0.319 e. The first-order chi connectivity index (χ1) is 24.2. The molecule has 0 aromatic heterocycles. The van der Waals surface area contributed by atoms with Crippen molar-refractivity contribution < 1.29 is 19.1 Å². The number of aliphatic hydroxyl groups excluding tert-OH is 1. The van der Waals surface area contributed by atoms with Crippen molar-refractivity contribution in [3.63, 3.8) is 0 Å². The molecule has 9 heteroatoms. The summed E-state index contributed by atoms with van der Waals surface area (Å²) in [6.07, 6.45) is 2.12. The van der Waals surface area contributed by atoms with Crippen molar-refractivity contribution in [2.75, 3.05) is 44.6 Å². The van der Waals surface area contributed by atoms with Crippen LogP contribution in [0.4, 0.5) is 10.5 Å². The molecule has 266 valence electrons. The summed E-state index contributed by atoms with van der Waals surface area (Å²) in [6.45, 7) is 12.4. The highest BCUT2D eigenvalue weighted by Crippen LogP contribution is 2.37. The van der Waals surface area contributed by atoms with E-state index < -0.39 is 14.4 Å². The van der Waals surface area contributed by atoms with E-state index in [1.807, 2.05) is 48.2 Å². The molecule has 50 heavy (non-hydrogen) atoms. The van der Waals surface area contributed by atoms with Crippen molar-refractivity contribution in [1.29, 1.82) is 0 Å². The Morgan fingerprint density at radius 3 is 2.00 bits per heavy atom. The number of hydrogen-bond donors (Lipinski definition) is 4. The summed E-state index contributed by atoms with van der Waals surface area (Å²) in [5.74, 6) is 1.50. The monoisotopic (exact) mass is 694 g/mol. The summed E-state index contributed by atoms with van der Waals surface area (Å²) in [5.41, 5.74) is 2.34. The second-order valence-corrected chi connectivity index (χ2v) is 18.3. The van der Waals surface area contributed by atoms with Crippen LogP contribution >= 0.6 is 0 Å². The zero-order chi connectivity index (χ0) is 35.4. The van der Waals surface area contributed by atoms with Crippen LogP contribution in [0, 0.1) is 0 Å². The van der Waals surface area contributed by atoms with E-state index in [4.69, 9.17) is 9.16 Å². The quantitative estimate of drug-likeness (QED) is 0.0929. The third-order valence-corrected chi connectivity index (χ3v) is 14.3. The van der Waals surface area contributed by atoms with E-state index in [-0.39, 0.29) is 17.7 Å². The predicted molar refractivity (Wildman–Crippen MR) is 206 cm³/mol. The highest BCUT2D eigenvalue weighted by Gasteiger charge is 2.52. The number of aliphatic hydroxyl groups is 1. The van der Waals surface area contributed by atoms with E-state index in [0.717, 1.165) is 50.3 Å². The van der Waals surface area contributed by atoms with Gasteiger partial charge in [-0.3, -0.25) is 0 Å². The number of hydrogen-bond acceptors (Lipinski definition) is 6. The maximum Gasteiger partial charge on any atom is 0.319 e. The molecule has 0 aliphatic carbocycles. The molecule has 0 saturated carbocycles. The molecule has 4 aromatic rings. The molecule has 1 atom stereocenters. The zero-order valence-corrected chi connectivity index (χ0v) is 31.0. The number of ether oxygens (including phenoxy) is 1. The van der Waals surface area contributed by atoms with Gasteiger partial charge in [-0.15, -0.1) is 0 Å². The van der Waals surface area contributed by atoms with Gasteiger partial charge in [0, 0.05) is 37.9 Å². The van der Waals surface area contributed by atoms with E-state index in [0.29, 0.717) is 24.9 Å². The molecule has 2 amide bonds. The summed E-state index contributed by atoms with van der Waals surface area (Å²) < 4.78 is 13.0. The molecule has 5 rings (SSSR count). The minimum Gasteiger partial charge on any atom is -0.534 e. The van der Waals surface area contributed by atoms with Gasteiger partial charge >= 0.3 is 14.3 Å². The number of nitrogens with zero attached hydrogens (tertiary/aromatic N) is 1. The first kappa shape index (κ1) is 37.0. The van der Waals surface area contributed by atoms with E-state index in [2.05, 4.69) is 110 Å². The van der Waals surface area contributed by atoms with Gasteiger partial charge in [0.25, 0.3) is 0 Å². The van der Waals surface area contributed by atoms with Crippen LogP contribution in [0.1, 0.15) is 46.1 Å². The van der Waals surface area contributed by atoms with E-state index >= 15 is 0 Å². The highest BCUT2D eigenvalue weighted by molar-refractivity contribution is 7.00. The number of anilines is 1. The van der Waals surface area contributed by atoms with Gasteiger partial charge < -0.3 is 35.1 Å². The fourth-order valence-corrected chi connectivity index (χ4v) is 11.1. The first-order valence-corrected chi connectivity index (χ1v) is 19.9. The van der Waals surface area contributed by atoms with Gasteiger partial charge in [-0.25, -0.2) is 4.79 Å². The molecule has 1 aliphatic rings. The summed E-state index contributed by atoms with van der Waals surface area (Å²) in [4.78, 5) is 13.9. The Bertz CT molecular complexity index is 1550. The molecule has 1 heterocycles. The van der Waals surface area contributed by atoms with E-state index in [1.165, 1.54) is 15.9 Å². The number of amides is 2. The van der Waals surface area contributed by atoms with Gasteiger partial charge in [0.15, 0.2) is 0 Å². The molecule has 0 spiro atoms. The number of rotatable bonds is 15. The molecule has 0 radical (unpaired) electrons. The van der Waals surface area contributed by atoms with Crippen LogP contribution < -0.4 is 35.5 Å². The van der Waals surface area contributed by atoms with Crippen molar-refractivity contribution in [1.82, 2.24) is 15.5 Å². The van der Waals surface area contributed by atoms with Crippen LogP contribution in [0.3, 0.4) is 0 Å². The van der Waals surface area contributed by atoms with Gasteiger partial charge in [0.05, 0.1) is 0 Å². The summed E-state index contributed by atoms with van der Waals surface area (Å²) in [7, 11) is -2.71. The Kier molecular flexibility index (Phi) is 13.0. The van der Waals surface area contributed by atoms with Crippen molar-refractivity contribution >= 4 is 30.4 Å². The average Bonchev–Trinajstić information content (AvgIpc) is 3.13. The Labute approximate surface area is 299 Å². The fraction of sp³-hybridized carbons (Fsp3) is 0.390. The van der Waals surface area contributed by atoms with E-state index in [1.54, 1.807) is 0 Å². The maximum atomic E-state index is 12.0. The van der Waals surface area contributed by atoms with Crippen molar-refractivity contribution in [3.05, 3.63) is 115 Å². The lowest BCUT2D eigenvalue weighted by Gasteiger charge is -2.43. The van der Waals surface area contributed by atoms with Gasteiger partial charge in [-0.05, 0) is 90.1 Å². The Balaban J connectivity index is 1.05. The number of carbonyl (C=O) groups is 1. The Morgan fingerprint density at radius 2 is 1.44 bits per heavy atom. The first-order valence-electron chi connectivity index (χ1n) is 18.0. The summed E-state index contributed by atoms with van der Waals surface area (Å²) in [5, 5.41) is 22.8. The van der Waals surface area contributed by atoms with Crippen LogP contribution in [0.5, 0.6) is 11.5 Å². The standard InChI is InChI=1S/C41H54N4O4Si/c1-5-43-40(47)45-28-25-34(26-29-45)44-33-18-16-32(17-19-33)24-27-42-30-35(46)31-48-36-20-22-37(23-21-36)49-50(41(2,3)4,38-12-8-6-9-13-38)39-14-10-7-11-15-39/h6-23,34-35,42,44,46H,5,24-31H2,1-4H3,(H,43,47)/t35-/m0/s1. The molecule has 0 bridgehead atoms. The third-order valence-electron chi connectivity index (χ3n) is 9.36. The Morgan fingerprint density at radius 1 is 0.860 bits per heavy atom. The van der Waals surface area contributed by atoms with Crippen LogP contribution in [0.15, 0.2) is 109 Å². The summed E-state index contributed by atoms with van der Waals surface area (Å²) >= 11 is 0. The number of nitrogens with one attached hydrogen (secondary N) is 3. The number of carbonyl (C=O) groups excluding carboxylic acids is 1. The van der Waals surface area contributed by atoms with Crippen LogP contribution in [0.2, 0.25) is 5.04 Å². The maximum absolute atomic E-state index is 12.0.